The average molecular weight is 289 g/mol. The number of amides is 1. The number of aromatic nitrogens is 2. The van der Waals surface area contributed by atoms with Crippen molar-refractivity contribution in [3.63, 3.8) is 0 Å². The summed E-state index contributed by atoms with van der Waals surface area (Å²) in [6, 6.07) is 1.56. The normalized spacial score (nSPS) is 26.6. The second kappa shape index (κ2) is 6.88. The predicted molar refractivity (Wildman–Crippen MR) is 73.6 cm³/mol. The van der Waals surface area contributed by atoms with Gasteiger partial charge in [-0.15, -0.1) is 12.4 Å². The van der Waals surface area contributed by atoms with Gasteiger partial charge in [-0.3, -0.25) is 9.89 Å². The largest absolute Gasteiger partial charge is 0.392 e. The van der Waals surface area contributed by atoms with Crippen LogP contribution in [0, 0.1) is 5.92 Å². The van der Waals surface area contributed by atoms with E-state index in [-0.39, 0.29) is 30.3 Å². The zero-order chi connectivity index (χ0) is 13.1. The number of aliphatic hydroxyl groups is 1. The third-order valence-electron chi connectivity index (χ3n) is 3.55. The number of halogens is 1. The number of aliphatic hydroxyl groups excluding tert-OH is 1. The molecular formula is C12H21ClN4O2. The Morgan fingerprint density at radius 3 is 2.95 bits per heavy atom. The number of carbonyl (C=O) groups is 1. The van der Waals surface area contributed by atoms with Crippen LogP contribution in [0.3, 0.4) is 0 Å². The SMILES string of the molecule is CN(Cc1ccn[nH]1)C(=O)[C@H]1CC[C@@H](O)[C@H](N)C1.Cl. The summed E-state index contributed by atoms with van der Waals surface area (Å²) in [5.41, 5.74) is 6.71. The van der Waals surface area contributed by atoms with Gasteiger partial charge in [0.15, 0.2) is 0 Å². The minimum Gasteiger partial charge on any atom is -0.392 e. The lowest BCUT2D eigenvalue weighted by Gasteiger charge is -2.32. The lowest BCUT2D eigenvalue weighted by molar-refractivity contribution is -0.136. The molecule has 0 radical (unpaired) electrons. The van der Waals surface area contributed by atoms with Crippen molar-refractivity contribution >= 4 is 18.3 Å². The van der Waals surface area contributed by atoms with Gasteiger partial charge < -0.3 is 15.7 Å². The van der Waals surface area contributed by atoms with Crippen molar-refractivity contribution in [3.05, 3.63) is 18.0 Å². The van der Waals surface area contributed by atoms with E-state index in [0.717, 1.165) is 5.69 Å². The molecule has 1 aromatic heterocycles. The fourth-order valence-corrected chi connectivity index (χ4v) is 2.43. The maximum Gasteiger partial charge on any atom is 0.225 e. The summed E-state index contributed by atoms with van der Waals surface area (Å²) in [5.74, 6) is 0.0169. The monoisotopic (exact) mass is 288 g/mol. The fraction of sp³-hybridized carbons (Fsp3) is 0.667. The minimum absolute atomic E-state index is 0. The smallest absolute Gasteiger partial charge is 0.225 e. The molecule has 0 bridgehead atoms. The highest BCUT2D eigenvalue weighted by atomic mass is 35.5. The first-order valence-corrected chi connectivity index (χ1v) is 6.25. The van der Waals surface area contributed by atoms with Crippen LogP contribution in [-0.4, -0.2) is 45.3 Å². The average Bonchev–Trinajstić information content (AvgIpc) is 2.84. The quantitative estimate of drug-likeness (QED) is 0.744. The highest BCUT2D eigenvalue weighted by Crippen LogP contribution is 2.25. The highest BCUT2D eigenvalue weighted by Gasteiger charge is 2.32. The fourth-order valence-electron chi connectivity index (χ4n) is 2.43. The molecule has 1 aromatic rings. The number of H-pyrrole nitrogens is 1. The van der Waals surface area contributed by atoms with E-state index in [1.807, 2.05) is 6.07 Å². The molecule has 0 aliphatic heterocycles. The number of rotatable bonds is 3. The summed E-state index contributed by atoms with van der Waals surface area (Å²) >= 11 is 0. The van der Waals surface area contributed by atoms with Gasteiger partial charge in [0.05, 0.1) is 18.3 Å². The van der Waals surface area contributed by atoms with Crippen molar-refractivity contribution in [3.8, 4) is 0 Å². The van der Waals surface area contributed by atoms with Crippen LogP contribution in [0.25, 0.3) is 0 Å². The van der Waals surface area contributed by atoms with Crippen LogP contribution in [0.15, 0.2) is 12.3 Å². The van der Waals surface area contributed by atoms with E-state index in [4.69, 9.17) is 5.73 Å². The van der Waals surface area contributed by atoms with E-state index in [2.05, 4.69) is 10.2 Å². The number of hydrogen-bond donors (Lipinski definition) is 3. The number of nitrogens with one attached hydrogen (secondary N) is 1. The van der Waals surface area contributed by atoms with E-state index in [9.17, 15) is 9.90 Å². The lowest BCUT2D eigenvalue weighted by atomic mass is 9.83. The summed E-state index contributed by atoms with van der Waals surface area (Å²) < 4.78 is 0. The third kappa shape index (κ3) is 3.92. The van der Waals surface area contributed by atoms with E-state index in [1.54, 1.807) is 18.1 Å². The van der Waals surface area contributed by atoms with Crippen molar-refractivity contribution < 1.29 is 9.90 Å². The topological polar surface area (TPSA) is 95.2 Å². The molecule has 1 fully saturated rings. The zero-order valence-electron chi connectivity index (χ0n) is 11.0. The Labute approximate surface area is 118 Å². The van der Waals surface area contributed by atoms with Crippen LogP contribution in [0.4, 0.5) is 0 Å². The number of nitrogens with two attached hydrogens (primary N) is 1. The minimum atomic E-state index is -0.466. The number of carbonyl (C=O) groups excluding carboxylic acids is 1. The second-order valence-electron chi connectivity index (χ2n) is 5.02. The standard InChI is InChI=1S/C12H20N4O2.ClH/c1-16(7-9-4-5-14-15-9)12(18)8-2-3-11(17)10(13)6-8;/h4-5,8,10-11,17H,2-3,6-7,13H2,1H3,(H,14,15);1H/t8-,10+,11+;/m0./s1. The Morgan fingerprint density at radius 2 is 2.37 bits per heavy atom. The van der Waals surface area contributed by atoms with Gasteiger partial charge in [0, 0.05) is 25.2 Å². The molecule has 3 atom stereocenters. The number of aromatic amines is 1. The maximum atomic E-state index is 12.2. The van der Waals surface area contributed by atoms with E-state index in [0.29, 0.717) is 25.8 Å². The molecule has 0 aromatic carbocycles. The summed E-state index contributed by atoms with van der Waals surface area (Å²) in [4.78, 5) is 13.9. The molecule has 0 saturated heterocycles. The van der Waals surface area contributed by atoms with E-state index < -0.39 is 6.10 Å². The van der Waals surface area contributed by atoms with E-state index in [1.165, 1.54) is 0 Å². The van der Waals surface area contributed by atoms with Gasteiger partial charge in [-0.25, -0.2) is 0 Å². The van der Waals surface area contributed by atoms with Crippen LogP contribution in [-0.2, 0) is 11.3 Å². The Kier molecular flexibility index (Phi) is 5.78. The van der Waals surface area contributed by atoms with Crippen LogP contribution in [0.2, 0.25) is 0 Å². The van der Waals surface area contributed by atoms with Crippen LogP contribution >= 0.6 is 12.4 Å². The molecule has 1 heterocycles. The van der Waals surface area contributed by atoms with Gasteiger partial charge in [0.25, 0.3) is 0 Å². The first-order chi connectivity index (χ1) is 8.58. The second-order valence-corrected chi connectivity index (χ2v) is 5.02. The van der Waals surface area contributed by atoms with Gasteiger partial charge in [-0.05, 0) is 25.3 Å². The van der Waals surface area contributed by atoms with E-state index >= 15 is 0 Å². The Bertz CT molecular complexity index is 398. The van der Waals surface area contributed by atoms with Crippen molar-refractivity contribution in [1.29, 1.82) is 0 Å². The number of nitrogens with zero attached hydrogens (tertiary/aromatic N) is 2. The molecule has 1 saturated carbocycles. The molecule has 6 nitrogen and oxygen atoms in total. The van der Waals surface area contributed by atoms with Gasteiger partial charge in [-0.2, -0.15) is 5.10 Å². The van der Waals surface area contributed by atoms with Crippen molar-refractivity contribution in [2.45, 2.75) is 38.0 Å². The number of hydrogen-bond acceptors (Lipinski definition) is 4. The maximum absolute atomic E-state index is 12.2. The molecule has 2 rings (SSSR count). The molecule has 0 spiro atoms. The first-order valence-electron chi connectivity index (χ1n) is 6.25. The van der Waals surface area contributed by atoms with Crippen molar-refractivity contribution in [1.82, 2.24) is 15.1 Å². The van der Waals surface area contributed by atoms with Gasteiger partial charge in [0.1, 0.15) is 0 Å². The molecule has 4 N–H and O–H groups in total. The van der Waals surface area contributed by atoms with Crippen molar-refractivity contribution in [2.75, 3.05) is 7.05 Å². The molecule has 19 heavy (non-hydrogen) atoms. The zero-order valence-corrected chi connectivity index (χ0v) is 11.8. The molecule has 1 aliphatic rings. The van der Waals surface area contributed by atoms with Gasteiger partial charge in [0.2, 0.25) is 5.91 Å². The highest BCUT2D eigenvalue weighted by molar-refractivity contribution is 5.85. The third-order valence-corrected chi connectivity index (χ3v) is 3.55. The van der Waals surface area contributed by atoms with Crippen LogP contribution < -0.4 is 5.73 Å². The molecule has 1 amide bonds. The predicted octanol–water partition coefficient (Wildman–Crippen LogP) is 0.278. The molecular weight excluding hydrogens is 268 g/mol. The van der Waals surface area contributed by atoms with Gasteiger partial charge in [-0.1, -0.05) is 0 Å². The summed E-state index contributed by atoms with van der Waals surface area (Å²) in [5, 5.41) is 16.2. The summed E-state index contributed by atoms with van der Waals surface area (Å²) in [7, 11) is 1.78. The van der Waals surface area contributed by atoms with Crippen LogP contribution in [0.1, 0.15) is 25.0 Å². The summed E-state index contributed by atoms with van der Waals surface area (Å²) in [6.45, 7) is 0.521. The molecule has 108 valence electrons. The Morgan fingerprint density at radius 1 is 1.63 bits per heavy atom. The molecule has 0 unspecified atom stereocenters. The lowest BCUT2D eigenvalue weighted by Crippen LogP contribution is -2.45. The Balaban J connectivity index is 0.00000180. The molecule has 7 heteroatoms. The van der Waals surface area contributed by atoms with Gasteiger partial charge >= 0.3 is 0 Å². The first kappa shape index (κ1) is 15.9. The van der Waals surface area contributed by atoms with Crippen molar-refractivity contribution in [2.24, 2.45) is 11.7 Å². The van der Waals surface area contributed by atoms with Crippen LogP contribution in [0.5, 0.6) is 0 Å². The molecule has 1 aliphatic carbocycles. The Hall–Kier alpha value is -1.11. The summed E-state index contributed by atoms with van der Waals surface area (Å²) in [6.07, 6.45) is 3.08.